The van der Waals surface area contributed by atoms with Crippen molar-refractivity contribution >= 4 is 5.52 Å². The molecule has 3 aromatic heterocycles. The van der Waals surface area contributed by atoms with Gasteiger partial charge in [-0.15, -0.1) is 0 Å². The number of aryl methyl sites for hydroxylation is 1. The molecule has 3 heterocycles. The summed E-state index contributed by atoms with van der Waals surface area (Å²) in [6.07, 6.45) is 12.3. The molecule has 130 valence electrons. The molecule has 3 aromatic rings. The van der Waals surface area contributed by atoms with Crippen molar-refractivity contribution in [2.75, 3.05) is 7.11 Å². The number of rotatable bonds is 6. The second-order valence-corrected chi connectivity index (χ2v) is 5.52. The van der Waals surface area contributed by atoms with Crippen molar-refractivity contribution in [3.63, 3.8) is 0 Å². The molecule has 3 rings (SSSR count). The molecule has 0 aliphatic rings. The predicted octanol–water partition coefficient (Wildman–Crippen LogP) is 1.11. The van der Waals surface area contributed by atoms with Crippen LogP contribution in [0.1, 0.15) is 5.56 Å². The van der Waals surface area contributed by atoms with Crippen molar-refractivity contribution in [2.24, 2.45) is 18.5 Å². The summed E-state index contributed by atoms with van der Waals surface area (Å²) in [4.78, 5) is 0. The fourth-order valence-corrected chi connectivity index (χ4v) is 2.57. The molecule has 0 unspecified atom stereocenters. The van der Waals surface area contributed by atoms with Gasteiger partial charge in [0.05, 0.1) is 25.3 Å². The Labute approximate surface area is 145 Å². The lowest BCUT2D eigenvalue weighted by Crippen LogP contribution is -2.19. The van der Waals surface area contributed by atoms with E-state index < -0.39 is 0 Å². The van der Waals surface area contributed by atoms with E-state index in [0.29, 0.717) is 12.4 Å². The lowest BCUT2D eigenvalue weighted by Gasteiger charge is -2.09. The highest BCUT2D eigenvalue weighted by Crippen LogP contribution is 2.29. The molecular weight excluding hydrogens is 318 g/mol. The number of nitrogens with zero attached hydrogens (tertiary/aromatic N) is 4. The van der Waals surface area contributed by atoms with E-state index in [9.17, 15) is 0 Å². The lowest BCUT2D eigenvalue weighted by atomic mass is 10.1. The van der Waals surface area contributed by atoms with Gasteiger partial charge in [-0.2, -0.15) is 10.2 Å². The number of hydrogen-bond donors (Lipinski definition) is 3. The van der Waals surface area contributed by atoms with E-state index in [2.05, 4.69) is 15.5 Å². The molecule has 0 bridgehead atoms. The number of hydrogen-bond acceptors (Lipinski definition) is 6. The molecule has 5 N–H and O–H groups in total. The van der Waals surface area contributed by atoms with Crippen molar-refractivity contribution in [2.45, 2.75) is 6.54 Å². The van der Waals surface area contributed by atoms with Crippen LogP contribution >= 0.6 is 0 Å². The fourth-order valence-electron chi connectivity index (χ4n) is 2.57. The highest BCUT2D eigenvalue weighted by Gasteiger charge is 2.13. The number of methoxy groups -OCH3 is 1. The second-order valence-electron chi connectivity index (χ2n) is 5.52. The predicted molar refractivity (Wildman–Crippen MR) is 96.4 cm³/mol. The average Bonchev–Trinajstić information content (AvgIpc) is 3.23. The van der Waals surface area contributed by atoms with Crippen LogP contribution in [0.15, 0.2) is 55.0 Å². The maximum Gasteiger partial charge on any atom is 0.145 e. The third-order valence-electron chi connectivity index (χ3n) is 3.78. The zero-order chi connectivity index (χ0) is 17.8. The van der Waals surface area contributed by atoms with Gasteiger partial charge in [0.15, 0.2) is 0 Å². The summed E-state index contributed by atoms with van der Waals surface area (Å²) in [7, 11) is 3.53. The van der Waals surface area contributed by atoms with Crippen LogP contribution < -0.4 is 21.5 Å². The van der Waals surface area contributed by atoms with Gasteiger partial charge in [0.1, 0.15) is 11.3 Å². The Balaban J connectivity index is 1.94. The van der Waals surface area contributed by atoms with Crippen molar-refractivity contribution in [3.05, 3.63) is 60.6 Å². The maximum absolute atomic E-state index is 5.87. The van der Waals surface area contributed by atoms with Crippen molar-refractivity contribution in [3.8, 4) is 16.9 Å². The number of pyridine rings is 1. The van der Waals surface area contributed by atoms with Crippen LogP contribution in [0.5, 0.6) is 5.75 Å². The Hall–Kier alpha value is -3.42. The minimum atomic E-state index is 0.520. The van der Waals surface area contributed by atoms with Crippen LogP contribution in [0.25, 0.3) is 16.6 Å². The van der Waals surface area contributed by atoms with E-state index in [1.54, 1.807) is 34.7 Å². The van der Waals surface area contributed by atoms with Gasteiger partial charge in [0.25, 0.3) is 0 Å². The molecule has 8 nitrogen and oxygen atoms in total. The van der Waals surface area contributed by atoms with Crippen molar-refractivity contribution in [1.82, 2.24) is 24.7 Å². The minimum absolute atomic E-state index is 0.520. The van der Waals surface area contributed by atoms with Gasteiger partial charge in [-0.05, 0) is 24.4 Å². The summed E-state index contributed by atoms with van der Waals surface area (Å²) >= 11 is 0. The molecule has 0 amide bonds. The standard InChI is InChI=1S/C17H21N7O/c1-23-10-14(9-21-23)12-6-15(25-2)17-13(8-22-24(17)11-12)7-20-16(19)4-3-5-18/h3-6,8-11,20H,7,18-19H2,1-2H3/b5-3-,16-4+. The van der Waals surface area contributed by atoms with Gasteiger partial charge in [-0.3, -0.25) is 4.68 Å². The number of fused-ring (bicyclic) bond motifs is 1. The summed E-state index contributed by atoms with van der Waals surface area (Å²) < 4.78 is 9.14. The first-order valence-electron chi connectivity index (χ1n) is 7.73. The van der Waals surface area contributed by atoms with Gasteiger partial charge in [0.2, 0.25) is 0 Å². The summed E-state index contributed by atoms with van der Waals surface area (Å²) in [5.74, 6) is 1.26. The number of nitrogens with two attached hydrogens (primary N) is 2. The van der Waals surface area contributed by atoms with E-state index in [4.69, 9.17) is 16.2 Å². The first-order valence-corrected chi connectivity index (χ1v) is 7.73. The summed E-state index contributed by atoms with van der Waals surface area (Å²) in [5, 5.41) is 11.8. The van der Waals surface area contributed by atoms with Crippen LogP contribution in [-0.4, -0.2) is 26.5 Å². The van der Waals surface area contributed by atoms with Crippen LogP contribution in [0.2, 0.25) is 0 Å². The molecule has 0 radical (unpaired) electrons. The van der Waals surface area contributed by atoms with E-state index in [0.717, 1.165) is 28.0 Å². The van der Waals surface area contributed by atoms with E-state index in [-0.39, 0.29) is 0 Å². The maximum atomic E-state index is 5.87. The Morgan fingerprint density at radius 3 is 2.80 bits per heavy atom. The Bertz CT molecular complexity index is 936. The largest absolute Gasteiger partial charge is 0.494 e. The summed E-state index contributed by atoms with van der Waals surface area (Å²) in [5.41, 5.74) is 15.0. The topological polar surface area (TPSA) is 108 Å². The first-order chi connectivity index (χ1) is 12.1. The van der Waals surface area contributed by atoms with Gasteiger partial charge in [-0.25, -0.2) is 4.52 Å². The SMILES string of the molecule is COc1cc(-c2cnn(C)c2)cn2ncc(CN/C(N)=C/C=C\N)c12. The first kappa shape index (κ1) is 16.4. The molecule has 0 aliphatic carbocycles. The van der Waals surface area contributed by atoms with E-state index in [1.807, 2.05) is 31.7 Å². The second kappa shape index (κ2) is 7.00. The molecule has 0 atom stereocenters. The van der Waals surface area contributed by atoms with Crippen molar-refractivity contribution in [1.29, 1.82) is 0 Å². The van der Waals surface area contributed by atoms with E-state index in [1.165, 1.54) is 6.20 Å². The molecule has 25 heavy (non-hydrogen) atoms. The van der Waals surface area contributed by atoms with Crippen molar-refractivity contribution < 1.29 is 4.74 Å². The minimum Gasteiger partial charge on any atom is -0.494 e. The highest BCUT2D eigenvalue weighted by molar-refractivity contribution is 5.72. The van der Waals surface area contributed by atoms with Gasteiger partial charge < -0.3 is 21.5 Å². The molecule has 0 saturated carbocycles. The Morgan fingerprint density at radius 1 is 1.28 bits per heavy atom. The summed E-state index contributed by atoms with van der Waals surface area (Å²) in [6, 6.07) is 1.98. The average molecular weight is 339 g/mol. The van der Waals surface area contributed by atoms with Gasteiger partial charge >= 0.3 is 0 Å². The lowest BCUT2D eigenvalue weighted by molar-refractivity contribution is 0.417. The summed E-state index contributed by atoms with van der Waals surface area (Å²) in [6.45, 7) is 0.521. The molecule has 0 aliphatic heterocycles. The Morgan fingerprint density at radius 2 is 2.12 bits per heavy atom. The van der Waals surface area contributed by atoms with Crippen LogP contribution in [0.4, 0.5) is 0 Å². The van der Waals surface area contributed by atoms with Crippen LogP contribution in [0, 0.1) is 0 Å². The van der Waals surface area contributed by atoms with Crippen LogP contribution in [0.3, 0.4) is 0 Å². The number of allylic oxidation sites excluding steroid dienone is 2. The number of ether oxygens (including phenoxy) is 1. The monoisotopic (exact) mass is 339 g/mol. The molecule has 0 fully saturated rings. The number of aromatic nitrogens is 4. The molecular formula is C17H21N7O. The quantitative estimate of drug-likeness (QED) is 0.581. The van der Waals surface area contributed by atoms with Gasteiger partial charge in [-0.1, -0.05) is 0 Å². The molecule has 0 spiro atoms. The van der Waals surface area contributed by atoms with Crippen LogP contribution in [-0.2, 0) is 13.6 Å². The third-order valence-corrected chi connectivity index (χ3v) is 3.78. The molecule has 8 heteroatoms. The highest BCUT2D eigenvalue weighted by atomic mass is 16.5. The Kier molecular flexibility index (Phi) is 4.60. The molecule has 0 saturated heterocycles. The fraction of sp³-hybridized carbons (Fsp3) is 0.176. The van der Waals surface area contributed by atoms with Gasteiger partial charge in [0, 0.05) is 42.7 Å². The zero-order valence-corrected chi connectivity index (χ0v) is 14.2. The third kappa shape index (κ3) is 3.42. The zero-order valence-electron chi connectivity index (χ0n) is 14.2. The smallest absolute Gasteiger partial charge is 0.145 e. The normalized spacial score (nSPS) is 12.2. The van der Waals surface area contributed by atoms with E-state index >= 15 is 0 Å². The number of nitrogens with one attached hydrogen (secondary N) is 1. The molecule has 0 aromatic carbocycles.